The number of aliphatic hydroxyl groups is 1. The first kappa shape index (κ1) is 23.7. The summed E-state index contributed by atoms with van der Waals surface area (Å²) in [5.74, 6) is 6.95. The largest absolute Gasteiger partial charge is 0.421 e. The van der Waals surface area contributed by atoms with Crippen molar-refractivity contribution in [2.75, 3.05) is 17.7 Å². The van der Waals surface area contributed by atoms with Crippen molar-refractivity contribution in [2.45, 2.75) is 19.9 Å². The molecule has 0 unspecified atom stereocenters. The molecule has 3 aromatic heterocycles. The summed E-state index contributed by atoms with van der Waals surface area (Å²) >= 11 is 0. The molecular weight excluding hydrogens is 472 g/mol. The van der Waals surface area contributed by atoms with E-state index in [1.807, 2.05) is 37.3 Å². The van der Waals surface area contributed by atoms with E-state index >= 15 is 0 Å². The fraction of sp³-hybridized carbons (Fsp3) is 0.154. The van der Waals surface area contributed by atoms with Crippen LogP contribution in [-0.2, 0) is 0 Å². The molecule has 37 heavy (non-hydrogen) atoms. The second-order valence-corrected chi connectivity index (χ2v) is 8.08. The molecule has 2 aromatic carbocycles. The molecule has 1 atom stereocenters. The minimum absolute atomic E-state index is 0.160. The van der Waals surface area contributed by atoms with Crippen LogP contribution in [0, 0.1) is 18.8 Å². The number of rotatable bonds is 5. The topological polar surface area (TPSA) is 158 Å². The quantitative estimate of drug-likeness (QED) is 0.310. The fourth-order valence-corrected chi connectivity index (χ4v) is 3.99. The molecule has 0 saturated carbocycles. The molecule has 11 heteroatoms. The molecule has 0 amide bonds. The van der Waals surface area contributed by atoms with Crippen LogP contribution < -0.4 is 16.6 Å². The van der Waals surface area contributed by atoms with Crippen LogP contribution in [0.5, 0.6) is 0 Å². The van der Waals surface area contributed by atoms with E-state index in [-0.39, 0.29) is 23.9 Å². The Morgan fingerprint density at radius 3 is 2.68 bits per heavy atom. The number of para-hydroxylation sites is 1. The van der Waals surface area contributed by atoms with Crippen LogP contribution in [0.15, 0.2) is 64.1 Å². The van der Waals surface area contributed by atoms with Gasteiger partial charge in [0.1, 0.15) is 36.0 Å². The first-order valence-corrected chi connectivity index (χ1v) is 11.4. The zero-order valence-electron chi connectivity index (χ0n) is 20.0. The Labute approximate surface area is 211 Å². The summed E-state index contributed by atoms with van der Waals surface area (Å²) in [5, 5.41) is 20.7. The van der Waals surface area contributed by atoms with Crippen molar-refractivity contribution < 1.29 is 9.52 Å². The van der Waals surface area contributed by atoms with Gasteiger partial charge in [-0.15, -0.1) is 10.2 Å². The molecule has 11 nitrogen and oxygen atoms in total. The van der Waals surface area contributed by atoms with Crippen molar-refractivity contribution >= 4 is 22.5 Å². The van der Waals surface area contributed by atoms with Gasteiger partial charge in [0.2, 0.25) is 5.89 Å². The summed E-state index contributed by atoms with van der Waals surface area (Å²) in [6.45, 7) is 3.20. The molecule has 0 saturated heterocycles. The Hall–Kier alpha value is -5.08. The SMILES string of the molecule is Cc1nnc(-c2c(N)ncnc2N[C@@H](C)c2nc3cccc(C#CCO)c3c(=O)n2-c2ccccc2)o1. The van der Waals surface area contributed by atoms with Gasteiger partial charge in [-0.1, -0.05) is 36.1 Å². The van der Waals surface area contributed by atoms with Gasteiger partial charge >= 0.3 is 0 Å². The van der Waals surface area contributed by atoms with E-state index in [0.717, 1.165) is 0 Å². The van der Waals surface area contributed by atoms with Gasteiger partial charge in [-0.25, -0.2) is 15.0 Å². The molecule has 0 spiro atoms. The molecule has 0 aliphatic carbocycles. The number of nitrogens with two attached hydrogens (primary N) is 1. The van der Waals surface area contributed by atoms with Gasteiger partial charge in [0.15, 0.2) is 0 Å². The third-order valence-corrected chi connectivity index (χ3v) is 5.60. The highest BCUT2D eigenvalue weighted by atomic mass is 16.4. The van der Waals surface area contributed by atoms with Crippen LogP contribution >= 0.6 is 0 Å². The van der Waals surface area contributed by atoms with E-state index < -0.39 is 6.04 Å². The number of hydrogen-bond acceptors (Lipinski definition) is 10. The summed E-state index contributed by atoms with van der Waals surface area (Å²) in [4.78, 5) is 27.2. The number of benzene rings is 2. The molecule has 4 N–H and O–H groups in total. The first-order chi connectivity index (χ1) is 18.0. The van der Waals surface area contributed by atoms with Crippen LogP contribution in [0.1, 0.15) is 30.2 Å². The third-order valence-electron chi connectivity index (χ3n) is 5.60. The highest BCUT2D eigenvalue weighted by Gasteiger charge is 2.23. The van der Waals surface area contributed by atoms with E-state index in [9.17, 15) is 4.79 Å². The minimum Gasteiger partial charge on any atom is -0.421 e. The van der Waals surface area contributed by atoms with Crippen molar-refractivity contribution in [1.82, 2.24) is 29.7 Å². The third kappa shape index (κ3) is 4.49. The smallest absolute Gasteiger partial charge is 0.267 e. The number of nitrogens with zero attached hydrogens (tertiary/aromatic N) is 6. The maximum Gasteiger partial charge on any atom is 0.267 e. The number of fused-ring (bicyclic) bond motifs is 1. The zero-order valence-corrected chi connectivity index (χ0v) is 20.0. The van der Waals surface area contributed by atoms with Gasteiger partial charge in [0.05, 0.1) is 22.6 Å². The van der Waals surface area contributed by atoms with Gasteiger partial charge in [0, 0.05) is 12.5 Å². The first-order valence-electron chi connectivity index (χ1n) is 11.4. The predicted octanol–water partition coefficient (Wildman–Crippen LogP) is 2.63. The molecule has 0 bridgehead atoms. The van der Waals surface area contributed by atoms with Crippen molar-refractivity contribution in [1.29, 1.82) is 0 Å². The van der Waals surface area contributed by atoms with Crippen LogP contribution in [-0.4, -0.2) is 41.4 Å². The molecule has 5 rings (SSSR count). The number of aliphatic hydroxyl groups excluding tert-OH is 1. The Kier molecular flexibility index (Phi) is 6.32. The standard InChI is InChI=1S/C26H22N8O3/c1-15(30-23-21(22(27)28-14-29-23)25-33-32-16(2)37-25)24-31-19-12-6-8-17(9-7-13-35)20(19)26(36)34(24)18-10-4-3-5-11-18/h3-6,8,10-12,14-15,35H,13H2,1-2H3,(H3,27,28,29,30)/t15-/m0/s1. The van der Waals surface area contributed by atoms with Crippen LogP contribution in [0.3, 0.4) is 0 Å². The van der Waals surface area contributed by atoms with Gasteiger partial charge in [-0.05, 0) is 31.2 Å². The van der Waals surface area contributed by atoms with Gasteiger partial charge in [-0.2, -0.15) is 0 Å². The lowest BCUT2D eigenvalue weighted by molar-refractivity contribution is 0.350. The lowest BCUT2D eigenvalue weighted by Gasteiger charge is -2.21. The van der Waals surface area contributed by atoms with Crippen LogP contribution in [0.2, 0.25) is 0 Å². The normalized spacial score (nSPS) is 11.6. The number of anilines is 2. The maximum absolute atomic E-state index is 13.9. The highest BCUT2D eigenvalue weighted by Crippen LogP contribution is 2.32. The van der Waals surface area contributed by atoms with Crippen molar-refractivity contribution in [3.05, 3.63) is 82.5 Å². The lowest BCUT2D eigenvalue weighted by Crippen LogP contribution is -2.28. The molecule has 0 aliphatic rings. The number of hydrogen-bond donors (Lipinski definition) is 3. The Morgan fingerprint density at radius 1 is 1.14 bits per heavy atom. The average Bonchev–Trinajstić information content (AvgIpc) is 3.33. The summed E-state index contributed by atoms with van der Waals surface area (Å²) < 4.78 is 7.10. The molecule has 0 aliphatic heterocycles. The molecule has 0 fully saturated rings. The van der Waals surface area contributed by atoms with Gasteiger partial charge in [-0.3, -0.25) is 9.36 Å². The highest BCUT2D eigenvalue weighted by molar-refractivity contribution is 5.85. The van der Waals surface area contributed by atoms with Crippen molar-refractivity contribution in [2.24, 2.45) is 0 Å². The van der Waals surface area contributed by atoms with Gasteiger partial charge in [0.25, 0.3) is 11.4 Å². The summed E-state index contributed by atoms with van der Waals surface area (Å²) in [6, 6.07) is 13.9. The number of nitrogen functional groups attached to an aromatic ring is 1. The molecule has 184 valence electrons. The van der Waals surface area contributed by atoms with E-state index in [1.165, 1.54) is 10.9 Å². The average molecular weight is 495 g/mol. The molecule has 0 radical (unpaired) electrons. The number of nitrogens with one attached hydrogen (secondary N) is 1. The monoisotopic (exact) mass is 494 g/mol. The lowest BCUT2D eigenvalue weighted by atomic mass is 10.1. The maximum atomic E-state index is 13.9. The summed E-state index contributed by atoms with van der Waals surface area (Å²) in [5.41, 5.74) is 7.78. The molecular formula is C26H22N8O3. The Balaban J connectivity index is 1.69. The minimum atomic E-state index is -0.526. The van der Waals surface area contributed by atoms with Crippen LogP contribution in [0.25, 0.3) is 28.0 Å². The fourth-order valence-electron chi connectivity index (χ4n) is 3.99. The Bertz CT molecular complexity index is 1720. The second-order valence-electron chi connectivity index (χ2n) is 8.08. The Morgan fingerprint density at radius 2 is 1.95 bits per heavy atom. The van der Waals surface area contributed by atoms with E-state index in [2.05, 4.69) is 37.3 Å². The predicted molar refractivity (Wildman–Crippen MR) is 138 cm³/mol. The molecule has 5 aromatic rings. The number of aryl methyl sites for hydroxylation is 1. The summed E-state index contributed by atoms with van der Waals surface area (Å²) in [7, 11) is 0. The van der Waals surface area contributed by atoms with E-state index in [0.29, 0.717) is 45.3 Å². The summed E-state index contributed by atoms with van der Waals surface area (Å²) in [6.07, 6.45) is 1.32. The number of aromatic nitrogens is 6. The van der Waals surface area contributed by atoms with E-state index in [4.69, 9.17) is 20.2 Å². The van der Waals surface area contributed by atoms with Crippen molar-refractivity contribution in [3.8, 4) is 29.0 Å². The van der Waals surface area contributed by atoms with Gasteiger partial charge < -0.3 is 20.6 Å². The zero-order chi connectivity index (χ0) is 25.9. The van der Waals surface area contributed by atoms with Crippen molar-refractivity contribution in [3.63, 3.8) is 0 Å². The molecule has 3 heterocycles. The van der Waals surface area contributed by atoms with Crippen LogP contribution in [0.4, 0.5) is 11.6 Å². The second kappa shape index (κ2) is 9.88. The van der Waals surface area contributed by atoms with E-state index in [1.54, 1.807) is 25.1 Å².